The molecule has 1 heterocycles. The van der Waals surface area contributed by atoms with Gasteiger partial charge in [0.05, 0.1) is 17.3 Å². The first kappa shape index (κ1) is 24.0. The van der Waals surface area contributed by atoms with Crippen molar-refractivity contribution in [1.82, 2.24) is 0 Å². The van der Waals surface area contributed by atoms with E-state index in [0.29, 0.717) is 12.0 Å². The molecule has 1 unspecified atom stereocenters. The molecule has 1 fully saturated rings. The molecule has 2 rings (SSSR count). The van der Waals surface area contributed by atoms with Gasteiger partial charge in [0.15, 0.2) is 5.78 Å². The molecule has 0 amide bonds. The molecule has 0 aliphatic carbocycles. The lowest BCUT2D eigenvalue weighted by atomic mass is 9.98. The summed E-state index contributed by atoms with van der Waals surface area (Å²) in [6, 6.07) is 0. The Kier molecular flexibility index (Phi) is 7.72. The van der Waals surface area contributed by atoms with Gasteiger partial charge in [-0.25, -0.2) is 0 Å². The molecular weight excluding hydrogens is 406 g/mol. The van der Waals surface area contributed by atoms with Gasteiger partial charge in [-0.15, -0.1) is 0 Å². The number of oxime groups is 1. The monoisotopic (exact) mass is 435 g/mol. The van der Waals surface area contributed by atoms with Crippen LogP contribution < -0.4 is 0 Å². The number of nitrogens with zero attached hydrogens (tertiary/aromatic N) is 1. The minimum absolute atomic E-state index is 0.122. The van der Waals surface area contributed by atoms with Gasteiger partial charge in [0.2, 0.25) is 0 Å². The van der Waals surface area contributed by atoms with Gasteiger partial charge >= 0.3 is 0 Å². The zero-order valence-corrected chi connectivity index (χ0v) is 18.9. The first-order valence-corrected chi connectivity index (χ1v) is 10.3. The first-order chi connectivity index (χ1) is 14.0. The maximum atomic E-state index is 11.9. The summed E-state index contributed by atoms with van der Waals surface area (Å²) in [4.78, 5) is 11.9. The molecule has 0 bridgehead atoms. The molecule has 1 atom stereocenters. The van der Waals surface area contributed by atoms with Gasteiger partial charge in [-0.05, 0) is 65.0 Å². The molecule has 1 saturated heterocycles. The number of ether oxygens (including phenoxy) is 1. The van der Waals surface area contributed by atoms with Gasteiger partial charge in [0.25, 0.3) is 0 Å². The standard InChI is InChI=1S/C23H30ClNO5/c1-13(7-6-8-14(2)18-11-19(26)23(4,5)30-18)9-10-16-21(27)17(12-25-29)15(3)20(24)22(16)28/h8-9,12,18,27-29H,6-7,10-11H2,1-5H3. The van der Waals surface area contributed by atoms with Crippen LogP contribution in [0.4, 0.5) is 0 Å². The van der Waals surface area contributed by atoms with Gasteiger partial charge in [-0.1, -0.05) is 34.5 Å². The van der Waals surface area contributed by atoms with Crippen LogP contribution >= 0.6 is 11.6 Å². The number of allylic oxidation sites excluding steroid dienone is 3. The fourth-order valence-corrected chi connectivity index (χ4v) is 3.67. The van der Waals surface area contributed by atoms with E-state index in [1.54, 1.807) is 20.8 Å². The Morgan fingerprint density at radius 3 is 2.50 bits per heavy atom. The number of rotatable bonds is 7. The second-order valence-corrected chi connectivity index (χ2v) is 8.64. The van der Waals surface area contributed by atoms with Crippen molar-refractivity contribution in [2.24, 2.45) is 5.16 Å². The van der Waals surface area contributed by atoms with Crippen LogP contribution in [0.5, 0.6) is 11.5 Å². The summed E-state index contributed by atoms with van der Waals surface area (Å²) in [6.07, 6.45) is 7.22. The topological polar surface area (TPSA) is 99.4 Å². The maximum Gasteiger partial charge on any atom is 0.167 e. The lowest BCUT2D eigenvalue weighted by Gasteiger charge is -2.18. The highest BCUT2D eigenvalue weighted by Crippen LogP contribution is 2.40. The van der Waals surface area contributed by atoms with Crippen molar-refractivity contribution in [2.45, 2.75) is 72.0 Å². The SMILES string of the molecule is CC(=CCc1c(O)c(Cl)c(C)c(C=NO)c1O)CCC=C(C)C1CC(=O)C(C)(C)O1. The van der Waals surface area contributed by atoms with Crippen LogP contribution in [0.15, 0.2) is 28.5 Å². The molecule has 7 heteroatoms. The molecule has 164 valence electrons. The van der Waals surface area contributed by atoms with Crippen LogP contribution in [0.25, 0.3) is 0 Å². The third kappa shape index (κ3) is 5.24. The molecular formula is C23H30ClNO5. The number of phenols is 2. The van der Waals surface area contributed by atoms with Crippen LogP contribution in [-0.2, 0) is 16.0 Å². The fraction of sp³-hybridized carbons (Fsp3) is 0.478. The summed E-state index contributed by atoms with van der Waals surface area (Å²) in [5.41, 5.74) is 2.41. The number of ketones is 1. The van der Waals surface area contributed by atoms with Crippen LogP contribution in [0.2, 0.25) is 5.02 Å². The number of hydrogen-bond acceptors (Lipinski definition) is 6. The number of carbonyl (C=O) groups excluding carboxylic acids is 1. The number of hydrogen-bond donors (Lipinski definition) is 3. The lowest BCUT2D eigenvalue weighted by molar-refractivity contribution is -0.129. The van der Waals surface area contributed by atoms with Gasteiger partial charge in [0.1, 0.15) is 17.1 Å². The van der Waals surface area contributed by atoms with Crippen molar-refractivity contribution in [3.05, 3.63) is 45.0 Å². The summed E-state index contributed by atoms with van der Waals surface area (Å²) >= 11 is 6.15. The Balaban J connectivity index is 2.05. The molecule has 6 nitrogen and oxygen atoms in total. The number of phenolic OH excluding ortho intramolecular Hbond substituents is 2. The Morgan fingerprint density at radius 1 is 1.27 bits per heavy atom. The Bertz CT molecular complexity index is 915. The summed E-state index contributed by atoms with van der Waals surface area (Å²) in [5.74, 6) is -0.205. The van der Waals surface area contributed by atoms with E-state index < -0.39 is 5.60 Å². The number of benzene rings is 1. The van der Waals surface area contributed by atoms with Crippen molar-refractivity contribution in [2.75, 3.05) is 0 Å². The normalized spacial score (nSPS) is 19.8. The molecule has 0 aromatic heterocycles. The van der Waals surface area contributed by atoms with Crippen molar-refractivity contribution < 1.29 is 25.0 Å². The zero-order valence-electron chi connectivity index (χ0n) is 18.1. The van der Waals surface area contributed by atoms with Crippen LogP contribution in [0.1, 0.15) is 63.6 Å². The predicted octanol–water partition coefficient (Wildman–Crippen LogP) is 5.22. The van der Waals surface area contributed by atoms with Crippen molar-refractivity contribution in [1.29, 1.82) is 0 Å². The van der Waals surface area contributed by atoms with E-state index in [1.165, 1.54) is 0 Å². The summed E-state index contributed by atoms with van der Waals surface area (Å²) in [5, 5.41) is 32.7. The number of Topliss-reactive ketones (excluding diaryl/α,β-unsaturated/α-hetero) is 1. The van der Waals surface area contributed by atoms with Crippen LogP contribution in [0.3, 0.4) is 0 Å². The number of carbonyl (C=O) groups is 1. The van der Waals surface area contributed by atoms with Crippen LogP contribution in [0, 0.1) is 6.92 Å². The van der Waals surface area contributed by atoms with Gasteiger partial charge < -0.3 is 20.2 Å². The third-order valence-electron chi connectivity index (χ3n) is 5.60. The van der Waals surface area contributed by atoms with Gasteiger partial charge in [0, 0.05) is 17.5 Å². The Hall–Kier alpha value is -2.31. The Morgan fingerprint density at radius 2 is 1.93 bits per heavy atom. The van der Waals surface area contributed by atoms with Gasteiger partial charge in [-0.3, -0.25) is 4.79 Å². The molecule has 1 aromatic carbocycles. The van der Waals surface area contributed by atoms with E-state index in [9.17, 15) is 15.0 Å². The number of halogens is 1. The minimum Gasteiger partial charge on any atom is -0.507 e. The molecule has 1 aliphatic heterocycles. The third-order valence-corrected chi connectivity index (χ3v) is 6.06. The van der Waals surface area contributed by atoms with Crippen molar-refractivity contribution >= 4 is 23.6 Å². The van der Waals surface area contributed by atoms with E-state index in [-0.39, 0.29) is 46.0 Å². The fourth-order valence-electron chi connectivity index (χ4n) is 3.46. The average molecular weight is 436 g/mol. The van der Waals surface area contributed by atoms with Crippen molar-refractivity contribution in [3.8, 4) is 11.5 Å². The summed E-state index contributed by atoms with van der Waals surface area (Å²) < 4.78 is 5.83. The van der Waals surface area contributed by atoms with E-state index in [2.05, 4.69) is 11.2 Å². The second-order valence-electron chi connectivity index (χ2n) is 8.26. The lowest BCUT2D eigenvalue weighted by Crippen LogP contribution is -2.27. The van der Waals surface area contributed by atoms with Crippen molar-refractivity contribution in [3.63, 3.8) is 0 Å². The molecule has 1 aliphatic rings. The van der Waals surface area contributed by atoms with E-state index in [1.807, 2.05) is 19.9 Å². The largest absolute Gasteiger partial charge is 0.507 e. The highest BCUT2D eigenvalue weighted by Gasteiger charge is 2.40. The smallest absolute Gasteiger partial charge is 0.167 e. The van der Waals surface area contributed by atoms with E-state index in [0.717, 1.165) is 30.2 Å². The van der Waals surface area contributed by atoms with E-state index >= 15 is 0 Å². The quantitative estimate of drug-likeness (QED) is 0.236. The molecule has 0 spiro atoms. The molecule has 0 radical (unpaired) electrons. The zero-order chi connectivity index (χ0) is 22.6. The maximum absolute atomic E-state index is 11.9. The minimum atomic E-state index is -0.714. The molecule has 0 saturated carbocycles. The Labute approximate surface area is 182 Å². The average Bonchev–Trinajstić information content (AvgIpc) is 2.96. The highest BCUT2D eigenvalue weighted by molar-refractivity contribution is 6.33. The summed E-state index contributed by atoms with van der Waals surface area (Å²) in [7, 11) is 0. The highest BCUT2D eigenvalue weighted by atomic mass is 35.5. The predicted molar refractivity (Wildman–Crippen MR) is 118 cm³/mol. The molecule has 30 heavy (non-hydrogen) atoms. The molecule has 3 N–H and O–H groups in total. The van der Waals surface area contributed by atoms with E-state index in [4.69, 9.17) is 21.5 Å². The first-order valence-electron chi connectivity index (χ1n) is 9.93. The van der Waals surface area contributed by atoms with Crippen LogP contribution in [-0.4, -0.2) is 39.1 Å². The number of aromatic hydroxyl groups is 2. The van der Waals surface area contributed by atoms with Gasteiger partial charge in [-0.2, -0.15) is 0 Å². The summed E-state index contributed by atoms with van der Waals surface area (Å²) in [6.45, 7) is 9.18. The molecule has 1 aromatic rings. The second kappa shape index (κ2) is 9.67.